The lowest BCUT2D eigenvalue weighted by molar-refractivity contribution is 0.462. The maximum absolute atomic E-state index is 10.4. The number of phenols is 4. The lowest BCUT2D eigenvalue weighted by Gasteiger charge is -2.06. The van der Waals surface area contributed by atoms with Crippen LogP contribution in [0.2, 0.25) is 0 Å². The second-order valence-electron chi connectivity index (χ2n) is 7.47. The van der Waals surface area contributed by atoms with E-state index in [0.29, 0.717) is 35.0 Å². The van der Waals surface area contributed by atoms with Gasteiger partial charge in [-0.05, 0) is 35.0 Å². The fourth-order valence-corrected chi connectivity index (χ4v) is 5.30. The van der Waals surface area contributed by atoms with E-state index in [1.54, 1.807) is 70.4 Å². The average molecular weight is 493 g/mol. The van der Waals surface area contributed by atoms with E-state index in [9.17, 15) is 20.4 Å². The summed E-state index contributed by atoms with van der Waals surface area (Å²) in [4.78, 5) is 8.75. The van der Waals surface area contributed by atoms with Crippen LogP contribution < -0.4 is 0 Å². The summed E-state index contributed by atoms with van der Waals surface area (Å²) in [5.74, 6) is 1.80. The van der Waals surface area contributed by atoms with Gasteiger partial charge < -0.3 is 20.4 Å². The van der Waals surface area contributed by atoms with Crippen molar-refractivity contribution in [2.24, 2.45) is 9.98 Å². The van der Waals surface area contributed by atoms with Gasteiger partial charge in [-0.3, -0.25) is 9.98 Å². The van der Waals surface area contributed by atoms with Crippen molar-refractivity contribution in [2.75, 3.05) is 24.6 Å². The Morgan fingerprint density at radius 1 is 0.588 bits per heavy atom. The van der Waals surface area contributed by atoms with Crippen LogP contribution in [0.1, 0.15) is 11.1 Å². The molecular weight excluding hydrogens is 468 g/mol. The maximum Gasteiger partial charge on any atom is 0.135 e. The van der Waals surface area contributed by atoms with Crippen molar-refractivity contribution in [1.29, 1.82) is 0 Å². The quantitative estimate of drug-likeness (QED) is 0.135. The fourth-order valence-electron chi connectivity index (χ4n) is 3.55. The highest BCUT2D eigenvalue weighted by molar-refractivity contribution is 8.76. The molecule has 0 amide bonds. The third-order valence-electron chi connectivity index (χ3n) is 5.21. The fraction of sp³-hybridized carbons (Fsp3) is 0.154. The molecule has 0 aliphatic carbocycles. The Kier molecular flexibility index (Phi) is 7.82. The van der Waals surface area contributed by atoms with Crippen LogP contribution in [-0.4, -0.2) is 57.5 Å². The Hall–Kier alpha value is -3.36. The van der Waals surface area contributed by atoms with E-state index in [-0.39, 0.29) is 23.0 Å². The van der Waals surface area contributed by atoms with E-state index in [1.807, 2.05) is 24.3 Å². The SMILES string of the molecule is Oc1cccc2ccc(C=NCCSSCCN=Cc3ccc4cccc(O)c4c3O)c(O)c12. The van der Waals surface area contributed by atoms with E-state index in [1.165, 1.54) is 0 Å². The molecule has 0 saturated heterocycles. The number of nitrogens with zero attached hydrogens (tertiary/aromatic N) is 2. The summed E-state index contributed by atoms with van der Waals surface area (Å²) < 4.78 is 0. The van der Waals surface area contributed by atoms with Crippen molar-refractivity contribution in [3.8, 4) is 23.0 Å². The summed E-state index contributed by atoms with van der Waals surface area (Å²) in [5, 5.41) is 43.2. The van der Waals surface area contributed by atoms with Crippen molar-refractivity contribution in [2.45, 2.75) is 0 Å². The van der Waals surface area contributed by atoms with Gasteiger partial charge in [-0.1, -0.05) is 58.0 Å². The van der Waals surface area contributed by atoms with Crippen LogP contribution in [0.4, 0.5) is 0 Å². The average Bonchev–Trinajstić information content (AvgIpc) is 2.83. The Morgan fingerprint density at radius 3 is 1.47 bits per heavy atom. The van der Waals surface area contributed by atoms with Crippen LogP contribution in [0, 0.1) is 0 Å². The number of rotatable bonds is 9. The van der Waals surface area contributed by atoms with Crippen LogP contribution >= 0.6 is 21.6 Å². The van der Waals surface area contributed by atoms with Crippen molar-refractivity contribution in [3.05, 3.63) is 71.8 Å². The highest BCUT2D eigenvalue weighted by Crippen LogP contribution is 2.35. The molecule has 8 heteroatoms. The molecule has 4 rings (SSSR count). The Morgan fingerprint density at radius 2 is 1.03 bits per heavy atom. The van der Waals surface area contributed by atoms with Gasteiger partial charge in [-0.25, -0.2) is 0 Å². The van der Waals surface area contributed by atoms with Gasteiger partial charge in [0.1, 0.15) is 23.0 Å². The molecule has 0 radical (unpaired) electrons. The Bertz CT molecular complexity index is 1270. The van der Waals surface area contributed by atoms with Gasteiger partial charge in [0.2, 0.25) is 0 Å². The first-order valence-corrected chi connectivity index (χ1v) is 13.2. The highest BCUT2D eigenvalue weighted by Gasteiger charge is 2.09. The lowest BCUT2D eigenvalue weighted by Crippen LogP contribution is -1.90. The van der Waals surface area contributed by atoms with E-state index in [2.05, 4.69) is 9.98 Å². The second-order valence-corrected chi connectivity index (χ2v) is 10.2. The first-order valence-electron chi connectivity index (χ1n) is 10.7. The second kappa shape index (κ2) is 11.2. The summed E-state index contributed by atoms with van der Waals surface area (Å²) in [6.07, 6.45) is 3.26. The summed E-state index contributed by atoms with van der Waals surface area (Å²) in [5.41, 5.74) is 1.15. The normalized spacial score (nSPS) is 11.9. The Labute approximate surface area is 205 Å². The molecule has 0 spiro atoms. The van der Waals surface area contributed by atoms with E-state index < -0.39 is 0 Å². The van der Waals surface area contributed by atoms with Crippen molar-refractivity contribution < 1.29 is 20.4 Å². The molecule has 0 fully saturated rings. The number of benzene rings is 4. The Balaban J connectivity index is 1.20. The molecule has 0 aliphatic rings. The van der Waals surface area contributed by atoms with Crippen LogP contribution in [-0.2, 0) is 0 Å². The van der Waals surface area contributed by atoms with E-state index in [0.717, 1.165) is 22.3 Å². The minimum Gasteiger partial charge on any atom is -0.507 e. The third kappa shape index (κ3) is 5.40. The summed E-state index contributed by atoms with van der Waals surface area (Å²) >= 11 is 0. The zero-order valence-electron chi connectivity index (χ0n) is 18.3. The topological polar surface area (TPSA) is 106 Å². The first kappa shape index (κ1) is 23.8. The maximum atomic E-state index is 10.4. The summed E-state index contributed by atoms with van der Waals surface area (Å²) in [7, 11) is 3.39. The van der Waals surface area contributed by atoms with Crippen LogP contribution in [0.15, 0.2) is 70.6 Å². The predicted octanol–water partition coefficient (Wildman–Crippen LogP) is 5.73. The molecule has 4 aromatic carbocycles. The molecule has 4 aromatic rings. The van der Waals surface area contributed by atoms with Gasteiger partial charge in [0, 0.05) is 48.2 Å². The third-order valence-corrected chi connectivity index (χ3v) is 7.57. The van der Waals surface area contributed by atoms with Gasteiger partial charge in [0.25, 0.3) is 0 Å². The molecule has 0 saturated carbocycles. The van der Waals surface area contributed by atoms with Crippen LogP contribution in [0.3, 0.4) is 0 Å². The zero-order chi connectivity index (χ0) is 23.9. The van der Waals surface area contributed by atoms with Gasteiger partial charge in [0.05, 0.1) is 10.8 Å². The smallest absolute Gasteiger partial charge is 0.135 e. The monoisotopic (exact) mass is 492 g/mol. The van der Waals surface area contributed by atoms with Gasteiger partial charge in [-0.15, -0.1) is 0 Å². The minimum absolute atomic E-state index is 0.0342. The number of fused-ring (bicyclic) bond motifs is 2. The number of aromatic hydroxyl groups is 4. The van der Waals surface area contributed by atoms with E-state index in [4.69, 9.17) is 0 Å². The molecule has 0 aromatic heterocycles. The molecule has 34 heavy (non-hydrogen) atoms. The van der Waals surface area contributed by atoms with Crippen LogP contribution in [0.25, 0.3) is 21.5 Å². The standard InChI is InChI=1S/C26H24N2O4S2/c29-21-5-1-3-17-7-9-19(25(31)23(17)21)15-27-11-13-33-34-14-12-28-16-20-10-8-18-4-2-6-22(30)24(18)26(20)32/h1-10,15-16,29-32H,11-14H2. The summed E-state index contributed by atoms with van der Waals surface area (Å²) in [6.45, 7) is 1.21. The molecule has 0 heterocycles. The predicted molar refractivity (Wildman–Crippen MR) is 144 cm³/mol. The first-order chi connectivity index (χ1) is 16.6. The van der Waals surface area contributed by atoms with Crippen LogP contribution in [0.5, 0.6) is 23.0 Å². The number of phenolic OH excluding ortho intramolecular Hbond substituents is 4. The molecule has 6 nitrogen and oxygen atoms in total. The number of hydrogen-bond donors (Lipinski definition) is 4. The molecular formula is C26H24N2O4S2. The minimum atomic E-state index is 0.0342. The van der Waals surface area contributed by atoms with E-state index >= 15 is 0 Å². The van der Waals surface area contributed by atoms with Gasteiger partial charge in [0.15, 0.2) is 0 Å². The van der Waals surface area contributed by atoms with Gasteiger partial charge >= 0.3 is 0 Å². The van der Waals surface area contributed by atoms with Crippen molar-refractivity contribution in [1.82, 2.24) is 0 Å². The molecule has 0 bridgehead atoms. The van der Waals surface area contributed by atoms with Crippen molar-refractivity contribution in [3.63, 3.8) is 0 Å². The highest BCUT2D eigenvalue weighted by atomic mass is 33.1. The largest absolute Gasteiger partial charge is 0.507 e. The van der Waals surface area contributed by atoms with Crippen molar-refractivity contribution >= 4 is 55.6 Å². The molecule has 0 aliphatic heterocycles. The molecule has 4 N–H and O–H groups in total. The molecule has 0 atom stereocenters. The lowest BCUT2D eigenvalue weighted by atomic mass is 10.0. The molecule has 0 unspecified atom stereocenters. The van der Waals surface area contributed by atoms with Gasteiger partial charge in [-0.2, -0.15) is 0 Å². The molecule has 174 valence electrons. The zero-order valence-corrected chi connectivity index (χ0v) is 19.9. The number of hydrogen-bond acceptors (Lipinski definition) is 8. The summed E-state index contributed by atoms with van der Waals surface area (Å²) in [6, 6.07) is 17.5. The number of aliphatic imine (C=N–C) groups is 2.